The lowest BCUT2D eigenvalue weighted by molar-refractivity contribution is 0.508. The van der Waals surface area contributed by atoms with Gasteiger partial charge in [0.1, 0.15) is 0 Å². The van der Waals surface area contributed by atoms with Gasteiger partial charge in [0.25, 0.3) is 0 Å². The van der Waals surface area contributed by atoms with Crippen molar-refractivity contribution in [1.82, 2.24) is 5.32 Å². The fourth-order valence-corrected chi connectivity index (χ4v) is 3.29. The summed E-state index contributed by atoms with van der Waals surface area (Å²) < 4.78 is 16.7. The number of hydrogen-bond donors (Lipinski definition) is 1. The quantitative estimate of drug-likeness (QED) is 0.764. The van der Waals surface area contributed by atoms with Crippen molar-refractivity contribution < 1.29 is 8.63 Å². The van der Waals surface area contributed by atoms with Crippen molar-refractivity contribution in [2.75, 3.05) is 18.1 Å². The van der Waals surface area contributed by atoms with E-state index in [4.69, 9.17) is 4.42 Å². The fourth-order valence-electron chi connectivity index (χ4n) is 1.72. The predicted octanol–water partition coefficient (Wildman–Crippen LogP) is 1.31. The molecular formula is C10H15NO2S. The van der Waals surface area contributed by atoms with Crippen LogP contribution in [0, 0.1) is 5.92 Å². The lowest BCUT2D eigenvalue weighted by Gasteiger charge is -2.13. The van der Waals surface area contributed by atoms with Gasteiger partial charge >= 0.3 is 0 Å². The lowest BCUT2D eigenvalue weighted by atomic mass is 10.1. The molecule has 0 spiro atoms. The summed E-state index contributed by atoms with van der Waals surface area (Å²) >= 11 is 0. The summed E-state index contributed by atoms with van der Waals surface area (Å²) in [5, 5.41) is 3.41. The maximum Gasteiger partial charge on any atom is 0.0950 e. The average molecular weight is 213 g/mol. The normalized spacial score (nSPS) is 33.9. The van der Waals surface area contributed by atoms with Crippen molar-refractivity contribution in [2.24, 2.45) is 5.92 Å². The van der Waals surface area contributed by atoms with E-state index in [-0.39, 0.29) is 6.04 Å². The molecule has 1 aromatic heterocycles. The molecule has 4 heteroatoms. The predicted molar refractivity (Wildman–Crippen MR) is 56.5 cm³/mol. The SMILES string of the molecule is CC1CNC(c2ccoc2)CS(=O)C1. The van der Waals surface area contributed by atoms with Crippen molar-refractivity contribution in [3.8, 4) is 0 Å². The minimum absolute atomic E-state index is 0.194. The van der Waals surface area contributed by atoms with Crippen LogP contribution < -0.4 is 5.32 Å². The first-order valence-corrected chi connectivity index (χ1v) is 6.35. The molecule has 78 valence electrons. The van der Waals surface area contributed by atoms with Crippen LogP contribution in [0.5, 0.6) is 0 Å². The molecule has 1 N–H and O–H groups in total. The standard InChI is InChI=1S/C10H15NO2S/c1-8-4-11-10(7-14(12)6-8)9-2-3-13-5-9/h2-3,5,8,10-11H,4,6-7H2,1H3. The topological polar surface area (TPSA) is 42.2 Å². The molecule has 0 aliphatic carbocycles. The Morgan fingerprint density at radius 2 is 2.43 bits per heavy atom. The van der Waals surface area contributed by atoms with Gasteiger partial charge in [0.2, 0.25) is 0 Å². The summed E-state index contributed by atoms with van der Waals surface area (Å²) in [5.74, 6) is 2.00. The van der Waals surface area contributed by atoms with Gasteiger partial charge in [-0.15, -0.1) is 0 Å². The third kappa shape index (κ3) is 2.25. The minimum Gasteiger partial charge on any atom is -0.472 e. The molecule has 2 rings (SSSR count). The summed E-state index contributed by atoms with van der Waals surface area (Å²) in [6.07, 6.45) is 3.39. The van der Waals surface area contributed by atoms with Crippen molar-refractivity contribution >= 4 is 10.8 Å². The maximum atomic E-state index is 11.6. The van der Waals surface area contributed by atoms with Crippen LogP contribution in [0.25, 0.3) is 0 Å². The molecule has 1 aromatic rings. The van der Waals surface area contributed by atoms with E-state index in [1.54, 1.807) is 12.5 Å². The van der Waals surface area contributed by atoms with E-state index in [9.17, 15) is 4.21 Å². The van der Waals surface area contributed by atoms with Crippen molar-refractivity contribution in [2.45, 2.75) is 13.0 Å². The number of nitrogens with one attached hydrogen (secondary N) is 1. The van der Waals surface area contributed by atoms with Crippen LogP contribution in [0.3, 0.4) is 0 Å². The summed E-state index contributed by atoms with van der Waals surface area (Å²) in [4.78, 5) is 0. The van der Waals surface area contributed by atoms with Gasteiger partial charge in [-0.3, -0.25) is 4.21 Å². The molecule has 1 aliphatic heterocycles. The first-order chi connectivity index (χ1) is 6.75. The second-order valence-electron chi connectivity index (χ2n) is 3.90. The largest absolute Gasteiger partial charge is 0.472 e. The van der Waals surface area contributed by atoms with Gasteiger partial charge < -0.3 is 9.73 Å². The Balaban J connectivity index is 2.10. The van der Waals surface area contributed by atoms with Crippen molar-refractivity contribution in [3.63, 3.8) is 0 Å². The van der Waals surface area contributed by atoms with Crippen molar-refractivity contribution in [3.05, 3.63) is 24.2 Å². The molecule has 0 amide bonds. The summed E-state index contributed by atoms with van der Waals surface area (Å²) in [6.45, 7) is 3.06. The van der Waals surface area contributed by atoms with E-state index in [1.165, 1.54) is 0 Å². The molecule has 0 aromatic carbocycles. The van der Waals surface area contributed by atoms with Gasteiger partial charge in [0, 0.05) is 33.9 Å². The number of hydrogen-bond acceptors (Lipinski definition) is 3. The van der Waals surface area contributed by atoms with E-state index in [0.717, 1.165) is 17.9 Å². The Labute approximate surface area is 86.3 Å². The second kappa shape index (κ2) is 4.28. The Morgan fingerprint density at radius 3 is 3.14 bits per heavy atom. The highest BCUT2D eigenvalue weighted by atomic mass is 32.2. The van der Waals surface area contributed by atoms with E-state index < -0.39 is 10.8 Å². The van der Waals surface area contributed by atoms with Crippen LogP contribution in [0.4, 0.5) is 0 Å². The van der Waals surface area contributed by atoms with Crippen molar-refractivity contribution in [1.29, 1.82) is 0 Å². The van der Waals surface area contributed by atoms with Gasteiger partial charge in [-0.25, -0.2) is 0 Å². The van der Waals surface area contributed by atoms with Gasteiger partial charge in [-0.2, -0.15) is 0 Å². The van der Waals surface area contributed by atoms with Crippen LogP contribution in [0.2, 0.25) is 0 Å². The summed E-state index contributed by atoms with van der Waals surface area (Å²) in [7, 11) is -0.707. The molecule has 1 fully saturated rings. The highest BCUT2D eigenvalue weighted by Crippen LogP contribution is 2.18. The number of rotatable bonds is 1. The zero-order chi connectivity index (χ0) is 9.97. The van der Waals surface area contributed by atoms with E-state index >= 15 is 0 Å². The zero-order valence-electron chi connectivity index (χ0n) is 8.23. The van der Waals surface area contributed by atoms with E-state index in [1.807, 2.05) is 6.07 Å². The molecule has 3 nitrogen and oxygen atoms in total. The molecule has 2 heterocycles. The van der Waals surface area contributed by atoms with Gasteiger partial charge in [0.05, 0.1) is 12.5 Å². The minimum atomic E-state index is -0.707. The van der Waals surface area contributed by atoms with Gasteiger partial charge in [-0.1, -0.05) is 6.92 Å². The van der Waals surface area contributed by atoms with Gasteiger partial charge in [0.15, 0.2) is 0 Å². The second-order valence-corrected chi connectivity index (χ2v) is 5.44. The highest BCUT2D eigenvalue weighted by Gasteiger charge is 2.21. The average Bonchev–Trinajstić information content (AvgIpc) is 2.59. The van der Waals surface area contributed by atoms with Crippen LogP contribution in [0.1, 0.15) is 18.5 Å². The van der Waals surface area contributed by atoms with E-state index in [2.05, 4.69) is 12.2 Å². The molecular weight excluding hydrogens is 198 g/mol. The fraction of sp³-hybridized carbons (Fsp3) is 0.600. The monoisotopic (exact) mass is 213 g/mol. The molecule has 0 saturated carbocycles. The third-order valence-corrected chi connectivity index (χ3v) is 4.13. The first-order valence-electron chi connectivity index (χ1n) is 4.86. The zero-order valence-corrected chi connectivity index (χ0v) is 9.05. The first kappa shape index (κ1) is 9.93. The van der Waals surface area contributed by atoms with E-state index in [0.29, 0.717) is 11.7 Å². The molecule has 3 atom stereocenters. The van der Waals surface area contributed by atoms with Gasteiger partial charge in [-0.05, 0) is 18.5 Å². The highest BCUT2D eigenvalue weighted by molar-refractivity contribution is 7.85. The Hall–Kier alpha value is -0.610. The maximum absolute atomic E-state index is 11.6. The molecule has 1 saturated heterocycles. The molecule has 0 bridgehead atoms. The molecule has 3 unspecified atom stereocenters. The molecule has 14 heavy (non-hydrogen) atoms. The Kier molecular flexibility index (Phi) is 3.03. The van der Waals surface area contributed by atoms with Crippen LogP contribution in [0.15, 0.2) is 23.0 Å². The Bertz CT molecular complexity index is 310. The molecule has 0 radical (unpaired) electrons. The van der Waals surface area contributed by atoms with Crippen LogP contribution >= 0.6 is 0 Å². The summed E-state index contributed by atoms with van der Waals surface area (Å²) in [6, 6.07) is 2.13. The lowest BCUT2D eigenvalue weighted by Crippen LogP contribution is -2.25. The molecule has 1 aliphatic rings. The summed E-state index contributed by atoms with van der Waals surface area (Å²) in [5.41, 5.74) is 1.10. The Morgan fingerprint density at radius 1 is 1.57 bits per heavy atom. The van der Waals surface area contributed by atoms with Crippen LogP contribution in [-0.4, -0.2) is 22.3 Å². The third-order valence-electron chi connectivity index (χ3n) is 2.48. The number of furan rings is 1. The van der Waals surface area contributed by atoms with Crippen LogP contribution in [-0.2, 0) is 10.8 Å². The smallest absolute Gasteiger partial charge is 0.0950 e.